The van der Waals surface area contributed by atoms with Gasteiger partial charge in [0.2, 0.25) is 11.8 Å². The van der Waals surface area contributed by atoms with Crippen molar-refractivity contribution in [2.75, 3.05) is 26.8 Å². The summed E-state index contributed by atoms with van der Waals surface area (Å²) in [6, 6.07) is 5.52. The van der Waals surface area contributed by atoms with E-state index in [-0.39, 0.29) is 11.8 Å². The number of nitrogens with zero attached hydrogens (tertiary/aromatic N) is 1. The highest BCUT2D eigenvalue weighted by atomic mass is 16.5. The molecule has 6 heteroatoms. The summed E-state index contributed by atoms with van der Waals surface area (Å²) in [4.78, 5) is 27.7. The minimum atomic E-state index is -0.790. The molecule has 2 amide bonds. The van der Waals surface area contributed by atoms with E-state index in [1.807, 2.05) is 43.9 Å². The highest BCUT2D eigenvalue weighted by Crippen LogP contribution is 2.31. The van der Waals surface area contributed by atoms with Crippen LogP contribution >= 0.6 is 0 Å². The van der Waals surface area contributed by atoms with Crippen LogP contribution in [0.1, 0.15) is 58.4 Å². The Bertz CT molecular complexity index is 720. The van der Waals surface area contributed by atoms with Gasteiger partial charge in [0.25, 0.3) is 0 Å². The number of methoxy groups -OCH3 is 1. The summed E-state index contributed by atoms with van der Waals surface area (Å²) in [5.74, 6) is 1.07. The van der Waals surface area contributed by atoms with Crippen LogP contribution in [-0.2, 0) is 9.59 Å². The Morgan fingerprint density at radius 3 is 2.38 bits per heavy atom. The molecule has 1 aromatic carbocycles. The van der Waals surface area contributed by atoms with E-state index in [2.05, 4.69) is 5.32 Å². The minimum Gasteiger partial charge on any atom is -0.493 e. The molecule has 6 nitrogen and oxygen atoms in total. The largest absolute Gasteiger partial charge is 0.493 e. The topological polar surface area (TPSA) is 67.9 Å². The zero-order chi connectivity index (χ0) is 21.3. The lowest BCUT2D eigenvalue weighted by Gasteiger charge is -2.39. The Balaban J connectivity index is 2.16. The van der Waals surface area contributed by atoms with Crippen molar-refractivity contribution in [2.24, 2.45) is 0 Å². The van der Waals surface area contributed by atoms with Gasteiger partial charge in [0.15, 0.2) is 11.5 Å². The normalized spacial score (nSPS) is 15.7. The molecule has 1 aliphatic rings. The van der Waals surface area contributed by atoms with E-state index < -0.39 is 5.54 Å². The van der Waals surface area contributed by atoms with Gasteiger partial charge in [-0.1, -0.05) is 25.3 Å². The standard InChI is InChI=1S/C23H34N2O4/c1-5-25(6-2)22(27)23(15-9-8-10-16-23)24-21(26)14-12-18-11-13-19(28-4)20(17-18)29-7-3/h11-14,17H,5-10,15-16H2,1-4H3,(H,24,26)/b14-12+. The molecule has 1 aliphatic carbocycles. The van der Waals surface area contributed by atoms with Crippen molar-refractivity contribution in [3.05, 3.63) is 29.8 Å². The molecule has 0 unspecified atom stereocenters. The fourth-order valence-corrected chi connectivity index (χ4v) is 3.88. The SMILES string of the molecule is CCOc1cc(/C=C/C(=O)NC2(C(=O)N(CC)CC)CCCCC2)ccc1OC. The van der Waals surface area contributed by atoms with E-state index in [0.29, 0.717) is 44.0 Å². The molecule has 0 aromatic heterocycles. The van der Waals surface area contributed by atoms with E-state index in [1.165, 1.54) is 6.08 Å². The number of amides is 2. The molecular weight excluding hydrogens is 368 g/mol. The molecule has 1 fully saturated rings. The Labute approximate surface area is 174 Å². The highest BCUT2D eigenvalue weighted by Gasteiger charge is 2.42. The van der Waals surface area contributed by atoms with Crippen LogP contribution in [0, 0.1) is 0 Å². The fourth-order valence-electron chi connectivity index (χ4n) is 3.88. The Morgan fingerprint density at radius 2 is 1.79 bits per heavy atom. The minimum absolute atomic E-state index is 0.0343. The van der Waals surface area contributed by atoms with Crippen LogP contribution < -0.4 is 14.8 Å². The van der Waals surface area contributed by atoms with Crippen molar-refractivity contribution in [1.82, 2.24) is 10.2 Å². The zero-order valence-electron chi connectivity index (χ0n) is 18.1. The van der Waals surface area contributed by atoms with Gasteiger partial charge in [-0.05, 0) is 57.4 Å². The number of likely N-dealkylation sites (N-methyl/N-ethyl adjacent to an activating group) is 1. The zero-order valence-corrected chi connectivity index (χ0v) is 18.1. The Kier molecular flexibility index (Phi) is 8.55. The van der Waals surface area contributed by atoms with Gasteiger partial charge in [0, 0.05) is 19.2 Å². The summed E-state index contributed by atoms with van der Waals surface area (Å²) < 4.78 is 10.9. The molecule has 0 saturated heterocycles. The van der Waals surface area contributed by atoms with E-state index in [0.717, 1.165) is 24.8 Å². The molecule has 0 radical (unpaired) electrons. The van der Waals surface area contributed by atoms with E-state index >= 15 is 0 Å². The smallest absolute Gasteiger partial charge is 0.248 e. The van der Waals surface area contributed by atoms with Crippen LogP contribution in [-0.4, -0.2) is 49.1 Å². The number of rotatable bonds is 9. The Morgan fingerprint density at radius 1 is 1.10 bits per heavy atom. The molecule has 0 atom stereocenters. The summed E-state index contributed by atoms with van der Waals surface area (Å²) in [6.07, 6.45) is 7.61. The van der Waals surface area contributed by atoms with Crippen molar-refractivity contribution in [3.8, 4) is 11.5 Å². The molecule has 1 saturated carbocycles. The molecule has 1 N–H and O–H groups in total. The lowest BCUT2D eigenvalue weighted by atomic mass is 9.80. The summed E-state index contributed by atoms with van der Waals surface area (Å²) in [7, 11) is 1.59. The van der Waals surface area contributed by atoms with Gasteiger partial charge < -0.3 is 19.7 Å². The number of carbonyl (C=O) groups excluding carboxylic acids is 2. The van der Waals surface area contributed by atoms with Gasteiger partial charge in [-0.3, -0.25) is 9.59 Å². The van der Waals surface area contributed by atoms with Gasteiger partial charge in [-0.2, -0.15) is 0 Å². The quantitative estimate of drug-likeness (QED) is 0.638. The molecular formula is C23H34N2O4. The van der Waals surface area contributed by atoms with Crippen molar-refractivity contribution in [2.45, 2.75) is 58.4 Å². The van der Waals surface area contributed by atoms with E-state index in [9.17, 15) is 9.59 Å². The van der Waals surface area contributed by atoms with Crippen LogP contribution in [0.3, 0.4) is 0 Å². The second kappa shape index (κ2) is 10.9. The first-order chi connectivity index (χ1) is 14.0. The van der Waals surface area contributed by atoms with Crippen LogP contribution in [0.15, 0.2) is 24.3 Å². The summed E-state index contributed by atoms with van der Waals surface area (Å²) in [6.45, 7) is 7.67. The van der Waals surface area contributed by atoms with Gasteiger partial charge >= 0.3 is 0 Å². The van der Waals surface area contributed by atoms with Crippen LogP contribution in [0.25, 0.3) is 6.08 Å². The average molecular weight is 403 g/mol. The maximum absolute atomic E-state index is 13.1. The lowest BCUT2D eigenvalue weighted by Crippen LogP contribution is -2.60. The van der Waals surface area contributed by atoms with Gasteiger partial charge in [-0.25, -0.2) is 0 Å². The first-order valence-corrected chi connectivity index (χ1v) is 10.6. The number of hydrogen-bond donors (Lipinski definition) is 1. The summed E-state index contributed by atoms with van der Waals surface area (Å²) >= 11 is 0. The third-order valence-corrected chi connectivity index (χ3v) is 5.44. The maximum Gasteiger partial charge on any atom is 0.248 e. The lowest BCUT2D eigenvalue weighted by molar-refractivity contribution is -0.142. The summed E-state index contributed by atoms with van der Waals surface area (Å²) in [5, 5.41) is 3.04. The van der Waals surface area contributed by atoms with E-state index in [4.69, 9.17) is 9.47 Å². The predicted molar refractivity (Wildman–Crippen MR) is 115 cm³/mol. The van der Waals surface area contributed by atoms with Crippen molar-refractivity contribution >= 4 is 17.9 Å². The molecule has 0 aliphatic heterocycles. The number of benzene rings is 1. The van der Waals surface area contributed by atoms with Gasteiger partial charge in [0.1, 0.15) is 5.54 Å². The predicted octanol–water partition coefficient (Wildman–Crippen LogP) is 3.79. The number of hydrogen-bond acceptors (Lipinski definition) is 4. The third-order valence-electron chi connectivity index (χ3n) is 5.44. The maximum atomic E-state index is 13.1. The van der Waals surface area contributed by atoms with Crippen molar-refractivity contribution in [1.29, 1.82) is 0 Å². The molecule has 1 aromatic rings. The van der Waals surface area contributed by atoms with Crippen molar-refractivity contribution < 1.29 is 19.1 Å². The number of carbonyl (C=O) groups is 2. The van der Waals surface area contributed by atoms with Gasteiger partial charge in [-0.15, -0.1) is 0 Å². The van der Waals surface area contributed by atoms with Crippen LogP contribution in [0.5, 0.6) is 11.5 Å². The third kappa shape index (κ3) is 5.75. The fraction of sp³-hybridized carbons (Fsp3) is 0.565. The number of ether oxygens (including phenoxy) is 2. The second-order valence-corrected chi connectivity index (χ2v) is 7.29. The summed E-state index contributed by atoms with van der Waals surface area (Å²) in [5.41, 5.74) is 0.0411. The molecule has 0 spiro atoms. The highest BCUT2D eigenvalue weighted by molar-refractivity contribution is 5.97. The Hall–Kier alpha value is -2.50. The molecule has 0 bridgehead atoms. The van der Waals surface area contributed by atoms with Crippen molar-refractivity contribution in [3.63, 3.8) is 0 Å². The monoisotopic (exact) mass is 402 g/mol. The molecule has 160 valence electrons. The first kappa shape index (κ1) is 22.8. The van der Waals surface area contributed by atoms with Crippen LogP contribution in [0.4, 0.5) is 0 Å². The molecule has 0 heterocycles. The first-order valence-electron chi connectivity index (χ1n) is 10.6. The molecule has 2 rings (SSSR count). The molecule has 29 heavy (non-hydrogen) atoms. The number of nitrogens with one attached hydrogen (secondary N) is 1. The van der Waals surface area contributed by atoms with Crippen LogP contribution in [0.2, 0.25) is 0 Å². The second-order valence-electron chi connectivity index (χ2n) is 7.29. The van der Waals surface area contributed by atoms with E-state index in [1.54, 1.807) is 13.2 Å². The average Bonchev–Trinajstić information content (AvgIpc) is 2.74. The van der Waals surface area contributed by atoms with Gasteiger partial charge in [0.05, 0.1) is 13.7 Å².